The van der Waals surface area contributed by atoms with Crippen molar-refractivity contribution in [1.29, 1.82) is 5.26 Å². The molecule has 1 aromatic rings. The van der Waals surface area contributed by atoms with Crippen LogP contribution in [-0.4, -0.2) is 25.1 Å². The molecule has 100 valence electrons. The summed E-state index contributed by atoms with van der Waals surface area (Å²) in [5.41, 5.74) is 5.84. The van der Waals surface area contributed by atoms with Crippen LogP contribution >= 0.6 is 0 Å². The number of methoxy groups -OCH3 is 1. The molecule has 1 atom stereocenters. The molecule has 0 fully saturated rings. The molecule has 1 aromatic carbocycles. The summed E-state index contributed by atoms with van der Waals surface area (Å²) >= 11 is 0. The van der Waals surface area contributed by atoms with Gasteiger partial charge in [-0.15, -0.1) is 0 Å². The van der Waals surface area contributed by atoms with E-state index in [0.29, 0.717) is 17.0 Å². The van der Waals surface area contributed by atoms with E-state index in [2.05, 4.69) is 5.32 Å². The van der Waals surface area contributed by atoms with E-state index in [9.17, 15) is 9.59 Å². The summed E-state index contributed by atoms with van der Waals surface area (Å²) in [4.78, 5) is 22.1. The number of benzene rings is 1. The number of hydrogen-bond donors (Lipinski definition) is 3. The number of rotatable bonds is 4. The van der Waals surface area contributed by atoms with Crippen LogP contribution in [0.2, 0.25) is 0 Å². The van der Waals surface area contributed by atoms with Gasteiger partial charge in [0, 0.05) is 6.07 Å². The number of carbonyl (C=O) groups excluding carboxylic acids is 2. The number of nitrogens with one attached hydrogen (secondary N) is 2. The van der Waals surface area contributed by atoms with Crippen LogP contribution in [0.4, 0.5) is 10.5 Å². The maximum Gasteiger partial charge on any atom is 0.318 e. The predicted octanol–water partition coefficient (Wildman–Crippen LogP) is 0.562. The Labute approximate surface area is 110 Å². The van der Waals surface area contributed by atoms with Crippen molar-refractivity contribution in [2.75, 3.05) is 12.4 Å². The minimum absolute atomic E-state index is 0.428. The van der Waals surface area contributed by atoms with Crippen LogP contribution in [0, 0.1) is 11.3 Å². The minimum atomic E-state index is -0.912. The molecule has 0 aromatic heterocycles. The first-order valence-electron chi connectivity index (χ1n) is 5.43. The molecule has 0 saturated carbocycles. The van der Waals surface area contributed by atoms with Crippen LogP contribution in [0.3, 0.4) is 0 Å². The zero-order valence-electron chi connectivity index (χ0n) is 10.6. The van der Waals surface area contributed by atoms with E-state index >= 15 is 0 Å². The number of nitriles is 1. The lowest BCUT2D eigenvalue weighted by Crippen LogP contribution is -2.43. The Morgan fingerprint density at radius 3 is 2.68 bits per heavy atom. The molecule has 0 radical (unpaired) electrons. The van der Waals surface area contributed by atoms with Gasteiger partial charge >= 0.3 is 6.03 Å². The number of nitrogens with two attached hydrogens (primary N) is 1. The quantitative estimate of drug-likeness (QED) is 0.733. The summed E-state index contributed by atoms with van der Waals surface area (Å²) in [6.45, 7) is 1.57. The van der Waals surface area contributed by atoms with Gasteiger partial charge in [0.1, 0.15) is 11.8 Å². The fourth-order valence-corrected chi connectivity index (χ4v) is 1.41. The monoisotopic (exact) mass is 262 g/mol. The Bertz CT molecular complexity index is 536. The van der Waals surface area contributed by atoms with Crippen LogP contribution < -0.4 is 21.1 Å². The lowest BCUT2D eigenvalue weighted by Gasteiger charge is -2.16. The molecule has 7 heteroatoms. The van der Waals surface area contributed by atoms with E-state index in [-0.39, 0.29) is 0 Å². The number of imide groups is 1. The van der Waals surface area contributed by atoms with Crippen molar-refractivity contribution in [3.8, 4) is 11.8 Å². The van der Waals surface area contributed by atoms with Crippen molar-refractivity contribution < 1.29 is 14.3 Å². The smallest absolute Gasteiger partial charge is 0.318 e. The minimum Gasteiger partial charge on any atom is -0.495 e. The van der Waals surface area contributed by atoms with Gasteiger partial charge in [-0.2, -0.15) is 5.26 Å². The highest BCUT2D eigenvalue weighted by atomic mass is 16.5. The molecule has 0 bridgehead atoms. The topological polar surface area (TPSA) is 117 Å². The highest BCUT2D eigenvalue weighted by molar-refractivity contribution is 5.97. The van der Waals surface area contributed by atoms with Gasteiger partial charge in [-0.1, -0.05) is 0 Å². The molecule has 1 rings (SSSR count). The third-order valence-electron chi connectivity index (χ3n) is 2.34. The molecular formula is C12H14N4O3. The van der Waals surface area contributed by atoms with Crippen molar-refractivity contribution in [2.24, 2.45) is 5.73 Å². The van der Waals surface area contributed by atoms with E-state index in [4.69, 9.17) is 15.7 Å². The number of anilines is 1. The lowest BCUT2D eigenvalue weighted by molar-refractivity contribution is -0.120. The van der Waals surface area contributed by atoms with Gasteiger partial charge in [0.2, 0.25) is 5.91 Å². The molecule has 0 aliphatic carbocycles. The van der Waals surface area contributed by atoms with Crippen molar-refractivity contribution >= 4 is 17.6 Å². The molecule has 0 aliphatic heterocycles. The predicted molar refractivity (Wildman–Crippen MR) is 68.5 cm³/mol. The van der Waals surface area contributed by atoms with E-state index < -0.39 is 18.0 Å². The number of nitrogens with zero attached hydrogens (tertiary/aromatic N) is 1. The number of amides is 3. The zero-order valence-corrected chi connectivity index (χ0v) is 10.6. The number of hydrogen-bond acceptors (Lipinski definition) is 5. The van der Waals surface area contributed by atoms with Gasteiger partial charge in [-0.25, -0.2) is 4.79 Å². The maximum atomic E-state index is 11.5. The fourth-order valence-electron chi connectivity index (χ4n) is 1.41. The number of carbonyl (C=O) groups is 2. The van der Waals surface area contributed by atoms with Crippen molar-refractivity contribution in [3.63, 3.8) is 0 Å². The summed E-state index contributed by atoms with van der Waals surface area (Å²) in [5.74, 6) is -0.128. The zero-order chi connectivity index (χ0) is 14.4. The van der Waals surface area contributed by atoms with Crippen LogP contribution in [0.5, 0.6) is 5.75 Å². The molecule has 0 aliphatic rings. The fraction of sp³-hybridized carbons (Fsp3) is 0.250. The number of ether oxygens (including phenoxy) is 1. The van der Waals surface area contributed by atoms with Gasteiger partial charge in [0.25, 0.3) is 0 Å². The average Bonchev–Trinajstić information content (AvgIpc) is 2.38. The van der Waals surface area contributed by atoms with Crippen molar-refractivity contribution in [3.05, 3.63) is 23.8 Å². The molecule has 7 nitrogen and oxygen atoms in total. The second-order valence-electron chi connectivity index (χ2n) is 3.75. The second-order valence-corrected chi connectivity index (χ2v) is 3.75. The Balaban J connectivity index is 2.85. The summed E-state index contributed by atoms with van der Waals surface area (Å²) in [6, 6.07) is 5.13. The van der Waals surface area contributed by atoms with Crippen LogP contribution in [0.25, 0.3) is 0 Å². The molecule has 0 spiro atoms. The van der Waals surface area contributed by atoms with Crippen LogP contribution in [-0.2, 0) is 4.79 Å². The average molecular weight is 262 g/mol. The second kappa shape index (κ2) is 6.26. The molecule has 4 N–H and O–H groups in total. The standard InChI is InChI=1S/C12H14N4O3/c1-7(11(17)16-12(14)18)15-9-4-3-8(6-13)5-10(9)19-2/h3-5,7,15H,1-2H3,(H3,14,16,17,18). The van der Waals surface area contributed by atoms with Gasteiger partial charge in [-0.3, -0.25) is 10.1 Å². The first-order chi connectivity index (χ1) is 8.97. The normalized spacial score (nSPS) is 11.0. The summed E-state index contributed by atoms with van der Waals surface area (Å²) < 4.78 is 5.11. The van der Waals surface area contributed by atoms with Gasteiger partial charge in [0.05, 0.1) is 24.4 Å². The summed E-state index contributed by atoms with van der Waals surface area (Å²) in [7, 11) is 1.45. The maximum absolute atomic E-state index is 11.5. The summed E-state index contributed by atoms with van der Waals surface area (Å²) in [6.07, 6.45) is 0. The van der Waals surface area contributed by atoms with E-state index in [0.717, 1.165) is 0 Å². The SMILES string of the molecule is COc1cc(C#N)ccc1NC(C)C(=O)NC(N)=O. The van der Waals surface area contributed by atoms with Gasteiger partial charge in [0.15, 0.2) is 0 Å². The Morgan fingerprint density at radius 2 is 2.16 bits per heavy atom. The molecular weight excluding hydrogens is 248 g/mol. The summed E-state index contributed by atoms with van der Waals surface area (Å²) in [5, 5.41) is 13.6. The van der Waals surface area contributed by atoms with E-state index in [1.165, 1.54) is 7.11 Å². The van der Waals surface area contributed by atoms with E-state index in [1.807, 2.05) is 11.4 Å². The number of urea groups is 1. The Kier molecular flexibility index (Phi) is 4.71. The molecule has 3 amide bonds. The first kappa shape index (κ1) is 14.3. The Hall–Kier alpha value is -2.75. The largest absolute Gasteiger partial charge is 0.495 e. The first-order valence-corrected chi connectivity index (χ1v) is 5.43. The Morgan fingerprint density at radius 1 is 1.47 bits per heavy atom. The lowest BCUT2D eigenvalue weighted by atomic mass is 10.2. The van der Waals surface area contributed by atoms with Gasteiger partial charge < -0.3 is 15.8 Å². The molecule has 0 heterocycles. The van der Waals surface area contributed by atoms with Crippen molar-refractivity contribution in [1.82, 2.24) is 5.32 Å². The molecule has 1 unspecified atom stereocenters. The third kappa shape index (κ3) is 3.89. The molecule has 0 saturated heterocycles. The third-order valence-corrected chi connectivity index (χ3v) is 2.34. The van der Waals surface area contributed by atoms with Gasteiger partial charge in [-0.05, 0) is 19.1 Å². The van der Waals surface area contributed by atoms with E-state index in [1.54, 1.807) is 25.1 Å². The van der Waals surface area contributed by atoms with Crippen molar-refractivity contribution in [2.45, 2.75) is 13.0 Å². The number of primary amides is 1. The van der Waals surface area contributed by atoms with Crippen LogP contribution in [0.15, 0.2) is 18.2 Å². The van der Waals surface area contributed by atoms with Crippen LogP contribution in [0.1, 0.15) is 12.5 Å². The highest BCUT2D eigenvalue weighted by Gasteiger charge is 2.16. The highest BCUT2D eigenvalue weighted by Crippen LogP contribution is 2.25. The molecule has 19 heavy (non-hydrogen) atoms.